The second-order valence-corrected chi connectivity index (χ2v) is 8.14. The normalized spacial score (nSPS) is 16.1. The molecule has 28 heavy (non-hydrogen) atoms. The molecule has 0 radical (unpaired) electrons. The van der Waals surface area contributed by atoms with Crippen LogP contribution in [0.2, 0.25) is 0 Å². The Hall–Kier alpha value is -2.48. The number of halogens is 3. The van der Waals surface area contributed by atoms with Crippen LogP contribution in [-0.2, 0) is 12.7 Å². The van der Waals surface area contributed by atoms with Crippen LogP contribution in [0, 0.1) is 0 Å². The fraction of sp³-hybridized carbons (Fsp3) is 0.450. The Morgan fingerprint density at radius 3 is 2.25 bits per heavy atom. The molecule has 1 saturated heterocycles. The highest BCUT2D eigenvalue weighted by Crippen LogP contribution is 2.30. The number of nitrogens with zero attached hydrogens (tertiary/aromatic N) is 3. The average Bonchev–Trinajstić information content (AvgIpc) is 2.99. The number of hydrogen-bond acceptors (Lipinski definition) is 2. The number of amides is 1. The van der Waals surface area contributed by atoms with Gasteiger partial charge in [0, 0.05) is 43.3 Å². The molecule has 5 nitrogen and oxygen atoms in total. The van der Waals surface area contributed by atoms with Gasteiger partial charge in [-0.05, 0) is 56.7 Å². The molecule has 0 aliphatic carbocycles. The van der Waals surface area contributed by atoms with E-state index in [1.165, 1.54) is 17.0 Å². The number of carboxylic acid groups (broad SMARTS) is 1. The predicted molar refractivity (Wildman–Crippen MR) is 99.5 cm³/mol. The molecular formula is C20H24F3N3O2. The molecule has 3 rings (SSSR count). The second-order valence-electron chi connectivity index (χ2n) is 8.14. The lowest BCUT2D eigenvalue weighted by Crippen LogP contribution is -2.64. The van der Waals surface area contributed by atoms with Crippen LogP contribution >= 0.6 is 0 Å². The van der Waals surface area contributed by atoms with E-state index >= 15 is 0 Å². The molecule has 1 N–H and O–H groups in total. The minimum absolute atomic E-state index is 0.0329. The van der Waals surface area contributed by atoms with E-state index in [0.717, 1.165) is 17.7 Å². The van der Waals surface area contributed by atoms with Crippen LogP contribution in [0.5, 0.6) is 0 Å². The van der Waals surface area contributed by atoms with Crippen LogP contribution in [0.15, 0.2) is 42.7 Å². The fourth-order valence-corrected chi connectivity index (χ4v) is 3.60. The zero-order valence-electron chi connectivity index (χ0n) is 16.1. The van der Waals surface area contributed by atoms with E-state index in [2.05, 4.69) is 4.90 Å². The van der Waals surface area contributed by atoms with Crippen molar-refractivity contribution in [2.45, 2.75) is 45.1 Å². The van der Waals surface area contributed by atoms with E-state index in [1.54, 1.807) is 4.57 Å². The standard InChI is InChI=1S/C20H24F3N3O2/c1-19(2,3)26(18(27)28)17-12-24(13-17)10-14-8-9-25(11-14)16-6-4-15(5-7-16)20(21,22)23/h4-9,11,17H,10,12-13H2,1-3H3,(H,27,28). The van der Waals surface area contributed by atoms with Crippen molar-refractivity contribution in [1.82, 2.24) is 14.4 Å². The van der Waals surface area contributed by atoms with Gasteiger partial charge in [-0.15, -0.1) is 0 Å². The van der Waals surface area contributed by atoms with Crippen molar-refractivity contribution in [2.24, 2.45) is 0 Å². The van der Waals surface area contributed by atoms with Gasteiger partial charge in [0.15, 0.2) is 0 Å². The van der Waals surface area contributed by atoms with Crippen LogP contribution in [-0.4, -0.2) is 50.2 Å². The molecule has 1 aliphatic rings. The lowest BCUT2D eigenvalue weighted by atomic mass is 9.98. The van der Waals surface area contributed by atoms with Gasteiger partial charge in [-0.25, -0.2) is 4.79 Å². The lowest BCUT2D eigenvalue weighted by molar-refractivity contribution is -0.137. The monoisotopic (exact) mass is 395 g/mol. The fourth-order valence-electron chi connectivity index (χ4n) is 3.60. The highest BCUT2D eigenvalue weighted by Gasteiger charge is 2.40. The molecule has 0 spiro atoms. The summed E-state index contributed by atoms with van der Waals surface area (Å²) in [7, 11) is 0. The van der Waals surface area contributed by atoms with Crippen LogP contribution in [0.4, 0.5) is 18.0 Å². The first-order valence-corrected chi connectivity index (χ1v) is 9.04. The minimum Gasteiger partial charge on any atom is -0.465 e. The molecule has 152 valence electrons. The van der Waals surface area contributed by atoms with E-state index < -0.39 is 23.4 Å². The molecule has 0 saturated carbocycles. The molecule has 1 aliphatic heterocycles. The lowest BCUT2D eigenvalue weighted by Gasteiger charge is -2.49. The quantitative estimate of drug-likeness (QED) is 0.832. The van der Waals surface area contributed by atoms with Crippen LogP contribution < -0.4 is 0 Å². The number of carbonyl (C=O) groups is 1. The number of aromatic nitrogens is 1. The van der Waals surface area contributed by atoms with Crippen molar-refractivity contribution >= 4 is 6.09 Å². The van der Waals surface area contributed by atoms with Crippen molar-refractivity contribution < 1.29 is 23.1 Å². The Bertz CT molecular complexity index is 832. The Balaban J connectivity index is 1.60. The van der Waals surface area contributed by atoms with Gasteiger partial charge < -0.3 is 9.67 Å². The number of benzene rings is 1. The van der Waals surface area contributed by atoms with Gasteiger partial charge >= 0.3 is 12.3 Å². The summed E-state index contributed by atoms with van der Waals surface area (Å²) >= 11 is 0. The molecule has 1 aromatic carbocycles. The van der Waals surface area contributed by atoms with Gasteiger partial charge in [0.25, 0.3) is 0 Å². The van der Waals surface area contributed by atoms with Gasteiger partial charge in [0.05, 0.1) is 11.6 Å². The van der Waals surface area contributed by atoms with Crippen molar-refractivity contribution in [3.63, 3.8) is 0 Å². The summed E-state index contributed by atoms with van der Waals surface area (Å²) in [6, 6.07) is 6.92. The highest BCUT2D eigenvalue weighted by atomic mass is 19.4. The molecule has 1 fully saturated rings. The highest BCUT2D eigenvalue weighted by molar-refractivity contribution is 5.66. The third kappa shape index (κ3) is 4.32. The smallest absolute Gasteiger partial charge is 0.416 e. The third-order valence-corrected chi connectivity index (χ3v) is 4.88. The molecule has 0 atom stereocenters. The number of rotatable bonds is 4. The van der Waals surface area contributed by atoms with E-state index in [4.69, 9.17) is 0 Å². The molecular weight excluding hydrogens is 371 g/mol. The maximum atomic E-state index is 12.7. The Labute approximate surface area is 162 Å². The zero-order chi connectivity index (χ0) is 20.7. The summed E-state index contributed by atoms with van der Waals surface area (Å²) in [6.45, 7) is 7.64. The van der Waals surface area contributed by atoms with E-state index in [-0.39, 0.29) is 6.04 Å². The first-order chi connectivity index (χ1) is 12.9. The summed E-state index contributed by atoms with van der Waals surface area (Å²) in [6.07, 6.45) is -1.56. The summed E-state index contributed by atoms with van der Waals surface area (Å²) in [4.78, 5) is 15.2. The molecule has 0 unspecified atom stereocenters. The first kappa shape index (κ1) is 20.3. The van der Waals surface area contributed by atoms with Crippen LogP contribution in [0.25, 0.3) is 5.69 Å². The molecule has 2 aromatic rings. The van der Waals surface area contributed by atoms with Gasteiger partial charge in [-0.2, -0.15) is 13.2 Å². The number of hydrogen-bond donors (Lipinski definition) is 1. The van der Waals surface area contributed by atoms with Gasteiger partial charge in [0.1, 0.15) is 0 Å². The SMILES string of the molecule is CC(C)(C)N(C(=O)O)C1CN(Cc2ccn(-c3ccc(C(F)(F)F)cc3)c2)C1. The summed E-state index contributed by atoms with van der Waals surface area (Å²) in [5.74, 6) is 0. The maximum Gasteiger partial charge on any atom is 0.416 e. The molecule has 2 heterocycles. The minimum atomic E-state index is -4.34. The van der Waals surface area contributed by atoms with Crippen molar-refractivity contribution in [3.05, 3.63) is 53.9 Å². The Kier molecular flexibility index (Phi) is 5.18. The second kappa shape index (κ2) is 7.16. The van der Waals surface area contributed by atoms with Crippen molar-refractivity contribution in [2.75, 3.05) is 13.1 Å². The van der Waals surface area contributed by atoms with Crippen molar-refractivity contribution in [1.29, 1.82) is 0 Å². The van der Waals surface area contributed by atoms with E-state index in [1.807, 2.05) is 39.2 Å². The summed E-state index contributed by atoms with van der Waals surface area (Å²) in [5.41, 5.74) is 0.563. The Morgan fingerprint density at radius 1 is 1.14 bits per heavy atom. The van der Waals surface area contributed by atoms with Crippen LogP contribution in [0.3, 0.4) is 0 Å². The third-order valence-electron chi connectivity index (χ3n) is 4.88. The summed E-state index contributed by atoms with van der Waals surface area (Å²) < 4.78 is 39.8. The number of likely N-dealkylation sites (tertiary alicyclic amines) is 1. The Morgan fingerprint density at radius 2 is 1.75 bits per heavy atom. The molecule has 8 heteroatoms. The first-order valence-electron chi connectivity index (χ1n) is 9.04. The van der Waals surface area contributed by atoms with Gasteiger partial charge in [0.2, 0.25) is 0 Å². The van der Waals surface area contributed by atoms with Gasteiger partial charge in [-0.1, -0.05) is 0 Å². The van der Waals surface area contributed by atoms with E-state index in [9.17, 15) is 23.1 Å². The van der Waals surface area contributed by atoms with Crippen molar-refractivity contribution in [3.8, 4) is 5.69 Å². The van der Waals surface area contributed by atoms with Gasteiger partial charge in [-0.3, -0.25) is 9.80 Å². The molecule has 0 bridgehead atoms. The maximum absolute atomic E-state index is 12.7. The average molecular weight is 395 g/mol. The number of alkyl halides is 3. The predicted octanol–water partition coefficient (Wildman–Crippen LogP) is 4.46. The summed E-state index contributed by atoms with van der Waals surface area (Å²) in [5, 5.41) is 9.45. The molecule has 1 aromatic heterocycles. The van der Waals surface area contributed by atoms with E-state index in [0.29, 0.717) is 25.3 Å². The largest absolute Gasteiger partial charge is 0.465 e. The zero-order valence-corrected chi connectivity index (χ0v) is 16.1. The topological polar surface area (TPSA) is 48.7 Å². The molecule has 1 amide bonds. The van der Waals surface area contributed by atoms with Crippen LogP contribution in [0.1, 0.15) is 31.9 Å².